The highest BCUT2D eigenvalue weighted by atomic mass is 16.1. The van der Waals surface area contributed by atoms with E-state index in [1.165, 1.54) is 0 Å². The van der Waals surface area contributed by atoms with E-state index in [1.807, 2.05) is 35.2 Å². The summed E-state index contributed by atoms with van der Waals surface area (Å²) in [5.74, 6) is 0.545. The van der Waals surface area contributed by atoms with Crippen molar-refractivity contribution < 1.29 is 4.79 Å². The Hall–Kier alpha value is -3.22. The second-order valence-corrected chi connectivity index (χ2v) is 8.45. The Morgan fingerprint density at radius 1 is 1.20 bits per heavy atom. The van der Waals surface area contributed by atoms with Crippen LogP contribution in [-0.2, 0) is 11.2 Å². The van der Waals surface area contributed by atoms with Crippen molar-refractivity contribution in [3.8, 4) is 5.82 Å². The van der Waals surface area contributed by atoms with Gasteiger partial charge >= 0.3 is 0 Å². The fourth-order valence-electron chi connectivity index (χ4n) is 3.20. The zero-order valence-electron chi connectivity index (χ0n) is 18.4. The number of aromatic nitrogens is 4. The summed E-state index contributed by atoms with van der Waals surface area (Å²) in [6, 6.07) is 5.65. The Morgan fingerprint density at radius 3 is 2.67 bits per heavy atom. The Kier molecular flexibility index (Phi) is 6.50. The van der Waals surface area contributed by atoms with E-state index < -0.39 is 0 Å². The van der Waals surface area contributed by atoms with Crippen LogP contribution >= 0.6 is 0 Å². The molecular weight excluding hydrogens is 376 g/mol. The molecule has 0 saturated heterocycles. The Balaban J connectivity index is 1.85. The molecular formula is C23H30N6O. The first-order chi connectivity index (χ1) is 14.3. The number of carbonyl (C=O) groups is 1. The summed E-state index contributed by atoms with van der Waals surface area (Å²) >= 11 is 0. The van der Waals surface area contributed by atoms with Crippen molar-refractivity contribution in [3.05, 3.63) is 54.9 Å². The third kappa shape index (κ3) is 5.43. The number of nitrogens with zero attached hydrogens (tertiary/aromatic N) is 5. The molecule has 1 N–H and O–H groups in total. The molecule has 0 fully saturated rings. The van der Waals surface area contributed by atoms with E-state index in [0.717, 1.165) is 36.2 Å². The average molecular weight is 407 g/mol. The van der Waals surface area contributed by atoms with Crippen molar-refractivity contribution in [1.82, 2.24) is 24.4 Å². The van der Waals surface area contributed by atoms with Crippen molar-refractivity contribution in [2.24, 2.45) is 5.41 Å². The molecule has 0 radical (unpaired) electrons. The van der Waals surface area contributed by atoms with Crippen molar-refractivity contribution in [3.63, 3.8) is 0 Å². The van der Waals surface area contributed by atoms with Crippen LogP contribution in [0.1, 0.15) is 40.3 Å². The van der Waals surface area contributed by atoms with Gasteiger partial charge in [0.1, 0.15) is 6.33 Å². The minimum atomic E-state index is -0.167. The second-order valence-electron chi connectivity index (χ2n) is 8.45. The van der Waals surface area contributed by atoms with Gasteiger partial charge < -0.3 is 10.2 Å². The van der Waals surface area contributed by atoms with E-state index in [1.54, 1.807) is 18.6 Å². The minimum Gasteiger partial charge on any atom is -0.378 e. The van der Waals surface area contributed by atoms with Gasteiger partial charge in [-0.15, -0.1) is 0 Å². The number of carbonyl (C=O) groups excluding carboxylic acids is 1. The van der Waals surface area contributed by atoms with Gasteiger partial charge in [-0.1, -0.05) is 20.8 Å². The molecule has 1 aromatic carbocycles. The number of hydrogen-bond acceptors (Lipinski definition) is 5. The van der Waals surface area contributed by atoms with Crippen LogP contribution in [0.2, 0.25) is 0 Å². The SMILES string of the molecule is CCN(C=CC(=O)Nc1ccc2ncn(-c3cncc(CC(C)(C)C)n3)c2c1)CC. The van der Waals surface area contributed by atoms with E-state index in [-0.39, 0.29) is 11.3 Å². The number of amides is 1. The second kappa shape index (κ2) is 9.07. The minimum absolute atomic E-state index is 0.125. The van der Waals surface area contributed by atoms with Crippen LogP contribution in [-0.4, -0.2) is 43.4 Å². The fourth-order valence-corrected chi connectivity index (χ4v) is 3.20. The molecule has 3 aromatic rings. The van der Waals surface area contributed by atoms with Gasteiger partial charge in [0.05, 0.1) is 22.9 Å². The fraction of sp³-hybridized carbons (Fsp3) is 0.391. The van der Waals surface area contributed by atoms with E-state index in [4.69, 9.17) is 4.98 Å². The van der Waals surface area contributed by atoms with Gasteiger partial charge in [-0.25, -0.2) is 9.97 Å². The zero-order chi connectivity index (χ0) is 21.7. The summed E-state index contributed by atoms with van der Waals surface area (Å²) in [5.41, 5.74) is 3.46. The van der Waals surface area contributed by atoms with Crippen LogP contribution in [0.15, 0.2) is 49.2 Å². The highest BCUT2D eigenvalue weighted by molar-refractivity contribution is 6.00. The first-order valence-electron chi connectivity index (χ1n) is 10.3. The summed E-state index contributed by atoms with van der Waals surface area (Å²) < 4.78 is 1.90. The lowest BCUT2D eigenvalue weighted by Gasteiger charge is -2.17. The number of imidazole rings is 1. The summed E-state index contributed by atoms with van der Waals surface area (Å²) in [4.78, 5) is 27.9. The molecule has 2 aromatic heterocycles. The molecule has 0 aliphatic rings. The van der Waals surface area contributed by atoms with Crippen LogP contribution in [0.5, 0.6) is 0 Å². The van der Waals surface area contributed by atoms with Gasteiger partial charge in [-0.2, -0.15) is 0 Å². The standard InChI is InChI=1S/C23H30N6O/c1-6-28(7-2)11-10-22(30)27-17-8-9-19-20(12-17)29(16-25-19)21-15-24-14-18(26-21)13-23(3,4)5/h8-12,14-16H,6-7,13H2,1-5H3,(H,27,30). The Labute approximate surface area is 177 Å². The predicted octanol–water partition coefficient (Wildman–Crippen LogP) is 4.20. The largest absolute Gasteiger partial charge is 0.378 e. The van der Waals surface area contributed by atoms with Crippen LogP contribution in [0, 0.1) is 5.41 Å². The van der Waals surface area contributed by atoms with Crippen molar-refractivity contribution >= 4 is 22.6 Å². The molecule has 30 heavy (non-hydrogen) atoms. The molecule has 3 rings (SSSR count). The average Bonchev–Trinajstić information content (AvgIpc) is 3.11. The Bertz CT molecular complexity index is 1040. The summed E-state index contributed by atoms with van der Waals surface area (Å²) in [5, 5.41) is 2.92. The predicted molar refractivity (Wildman–Crippen MR) is 121 cm³/mol. The van der Waals surface area contributed by atoms with Crippen LogP contribution in [0.3, 0.4) is 0 Å². The summed E-state index contributed by atoms with van der Waals surface area (Å²) in [7, 11) is 0. The van der Waals surface area contributed by atoms with Gasteiger partial charge in [0.15, 0.2) is 5.82 Å². The number of benzene rings is 1. The van der Waals surface area contributed by atoms with Gasteiger partial charge in [0.25, 0.3) is 0 Å². The van der Waals surface area contributed by atoms with Crippen LogP contribution < -0.4 is 5.32 Å². The monoisotopic (exact) mass is 406 g/mol. The molecule has 158 valence electrons. The Morgan fingerprint density at radius 2 is 1.97 bits per heavy atom. The maximum atomic E-state index is 12.3. The molecule has 0 bridgehead atoms. The molecule has 0 saturated carbocycles. The van der Waals surface area contributed by atoms with Gasteiger partial charge in [-0.3, -0.25) is 14.3 Å². The summed E-state index contributed by atoms with van der Waals surface area (Å²) in [6.07, 6.45) is 9.47. The maximum Gasteiger partial charge on any atom is 0.249 e. The first kappa shape index (κ1) is 21.5. The lowest BCUT2D eigenvalue weighted by Crippen LogP contribution is -2.17. The smallest absolute Gasteiger partial charge is 0.249 e. The highest BCUT2D eigenvalue weighted by Gasteiger charge is 2.14. The topological polar surface area (TPSA) is 75.9 Å². The number of anilines is 1. The molecule has 0 spiro atoms. The number of nitrogens with one attached hydrogen (secondary N) is 1. The highest BCUT2D eigenvalue weighted by Crippen LogP contribution is 2.23. The molecule has 1 amide bonds. The van der Waals surface area contributed by atoms with Crippen LogP contribution in [0.25, 0.3) is 16.9 Å². The molecule has 7 nitrogen and oxygen atoms in total. The van der Waals surface area contributed by atoms with E-state index in [0.29, 0.717) is 11.5 Å². The van der Waals surface area contributed by atoms with Gasteiger partial charge in [-0.05, 0) is 43.9 Å². The van der Waals surface area contributed by atoms with Crippen molar-refractivity contribution in [2.45, 2.75) is 41.0 Å². The molecule has 7 heteroatoms. The van der Waals surface area contributed by atoms with Crippen LogP contribution in [0.4, 0.5) is 5.69 Å². The molecule has 0 aliphatic carbocycles. The van der Waals surface area contributed by atoms with Gasteiger partial charge in [0, 0.05) is 37.2 Å². The number of fused-ring (bicyclic) bond motifs is 1. The lowest BCUT2D eigenvalue weighted by molar-refractivity contribution is -0.112. The first-order valence-corrected chi connectivity index (χ1v) is 10.3. The third-order valence-corrected chi connectivity index (χ3v) is 4.69. The lowest BCUT2D eigenvalue weighted by atomic mass is 9.91. The van der Waals surface area contributed by atoms with E-state index in [2.05, 4.69) is 54.8 Å². The normalized spacial score (nSPS) is 11.9. The maximum absolute atomic E-state index is 12.3. The molecule has 0 unspecified atom stereocenters. The number of hydrogen-bond donors (Lipinski definition) is 1. The van der Waals surface area contributed by atoms with Gasteiger partial charge in [0.2, 0.25) is 5.91 Å². The van der Waals surface area contributed by atoms with E-state index >= 15 is 0 Å². The molecule has 0 aliphatic heterocycles. The summed E-state index contributed by atoms with van der Waals surface area (Å²) in [6.45, 7) is 12.4. The van der Waals surface area contributed by atoms with Crippen molar-refractivity contribution in [2.75, 3.05) is 18.4 Å². The van der Waals surface area contributed by atoms with E-state index in [9.17, 15) is 4.79 Å². The molecule has 2 heterocycles. The zero-order valence-corrected chi connectivity index (χ0v) is 18.4. The third-order valence-electron chi connectivity index (χ3n) is 4.69. The molecule has 0 atom stereocenters. The number of rotatable bonds is 7. The quantitative estimate of drug-likeness (QED) is 0.595. The van der Waals surface area contributed by atoms with Crippen molar-refractivity contribution in [1.29, 1.82) is 0 Å².